The Morgan fingerprint density at radius 1 is 1.11 bits per heavy atom. The Hall–Kier alpha value is -2.82. The van der Waals surface area contributed by atoms with Crippen LogP contribution in [-0.2, 0) is 4.84 Å². The summed E-state index contributed by atoms with van der Waals surface area (Å²) in [5, 5.41) is 22.1. The molecule has 0 heterocycles. The molecule has 96 valence electrons. The molecule has 5 heteroatoms. The van der Waals surface area contributed by atoms with Gasteiger partial charge in [0.05, 0.1) is 11.8 Å². The van der Waals surface area contributed by atoms with Crippen molar-refractivity contribution in [2.24, 2.45) is 5.16 Å². The molecule has 0 saturated carbocycles. The molecule has 0 spiro atoms. The lowest BCUT2D eigenvalue weighted by Gasteiger charge is -1.99. The van der Waals surface area contributed by atoms with Gasteiger partial charge in [-0.1, -0.05) is 23.4 Å². The Kier molecular flexibility index (Phi) is 3.78. The standard InChI is InChI=1S/C14H11NO4/c16-12-7-6-11(13(17)8-12)9-15-19-14(18)10-4-2-1-3-5-10/h1-9,16-17H/b15-9+. The molecule has 2 aromatic rings. The van der Waals surface area contributed by atoms with Gasteiger partial charge in [0.25, 0.3) is 0 Å². The molecule has 0 radical (unpaired) electrons. The van der Waals surface area contributed by atoms with Crippen molar-refractivity contribution in [3.63, 3.8) is 0 Å². The Balaban J connectivity index is 2.02. The average Bonchev–Trinajstić information content (AvgIpc) is 2.42. The Bertz CT molecular complexity index is 608. The van der Waals surface area contributed by atoms with Crippen molar-refractivity contribution < 1.29 is 19.8 Å². The van der Waals surface area contributed by atoms with E-state index in [9.17, 15) is 9.90 Å². The minimum atomic E-state index is -0.588. The highest BCUT2D eigenvalue weighted by molar-refractivity contribution is 5.90. The van der Waals surface area contributed by atoms with Gasteiger partial charge >= 0.3 is 5.97 Å². The molecule has 0 atom stereocenters. The van der Waals surface area contributed by atoms with Gasteiger partial charge in [-0.05, 0) is 24.3 Å². The van der Waals surface area contributed by atoms with Crippen molar-refractivity contribution in [1.29, 1.82) is 0 Å². The Labute approximate surface area is 109 Å². The highest BCUT2D eigenvalue weighted by atomic mass is 16.7. The summed E-state index contributed by atoms with van der Waals surface area (Å²) < 4.78 is 0. The van der Waals surface area contributed by atoms with E-state index >= 15 is 0 Å². The molecule has 2 N–H and O–H groups in total. The first-order valence-corrected chi connectivity index (χ1v) is 5.48. The number of phenols is 2. The number of aromatic hydroxyl groups is 2. The number of hydrogen-bond donors (Lipinski definition) is 2. The number of benzene rings is 2. The Morgan fingerprint density at radius 2 is 1.84 bits per heavy atom. The van der Waals surface area contributed by atoms with E-state index in [1.807, 2.05) is 0 Å². The number of carbonyl (C=O) groups is 1. The fourth-order valence-electron chi connectivity index (χ4n) is 1.40. The van der Waals surface area contributed by atoms with Crippen LogP contribution in [0.5, 0.6) is 11.5 Å². The van der Waals surface area contributed by atoms with E-state index in [2.05, 4.69) is 9.99 Å². The van der Waals surface area contributed by atoms with Crippen LogP contribution >= 0.6 is 0 Å². The SMILES string of the molecule is O=C(O/N=C/c1ccc(O)cc1O)c1ccccc1. The largest absolute Gasteiger partial charge is 0.508 e. The number of rotatable bonds is 3. The van der Waals surface area contributed by atoms with E-state index in [4.69, 9.17) is 5.11 Å². The topological polar surface area (TPSA) is 79.1 Å². The zero-order chi connectivity index (χ0) is 13.7. The molecule has 19 heavy (non-hydrogen) atoms. The molecule has 0 unspecified atom stereocenters. The quantitative estimate of drug-likeness (QED) is 0.502. The van der Waals surface area contributed by atoms with Crippen molar-refractivity contribution in [1.82, 2.24) is 0 Å². The molecule has 0 fully saturated rings. The zero-order valence-electron chi connectivity index (χ0n) is 9.85. The van der Waals surface area contributed by atoms with Gasteiger partial charge in [-0.2, -0.15) is 0 Å². The second kappa shape index (κ2) is 5.68. The zero-order valence-corrected chi connectivity index (χ0v) is 9.85. The molecule has 0 bridgehead atoms. The van der Waals surface area contributed by atoms with Gasteiger partial charge in [-0.3, -0.25) is 0 Å². The lowest BCUT2D eigenvalue weighted by Crippen LogP contribution is -2.00. The van der Waals surface area contributed by atoms with E-state index in [1.54, 1.807) is 30.3 Å². The molecule has 0 amide bonds. The lowest BCUT2D eigenvalue weighted by atomic mass is 10.2. The van der Waals surface area contributed by atoms with Gasteiger partial charge in [-0.15, -0.1) is 0 Å². The fraction of sp³-hybridized carbons (Fsp3) is 0. The summed E-state index contributed by atoms with van der Waals surface area (Å²) in [6.07, 6.45) is 1.19. The van der Waals surface area contributed by atoms with E-state index < -0.39 is 5.97 Å². The van der Waals surface area contributed by atoms with Crippen LogP contribution in [0.1, 0.15) is 15.9 Å². The highest BCUT2D eigenvalue weighted by Crippen LogP contribution is 2.20. The normalized spacial score (nSPS) is 10.5. The van der Waals surface area contributed by atoms with Gasteiger partial charge in [0.1, 0.15) is 11.5 Å². The summed E-state index contributed by atoms with van der Waals surface area (Å²) in [7, 11) is 0. The summed E-state index contributed by atoms with van der Waals surface area (Å²) >= 11 is 0. The smallest absolute Gasteiger partial charge is 0.365 e. The third-order valence-electron chi connectivity index (χ3n) is 2.35. The monoisotopic (exact) mass is 257 g/mol. The van der Waals surface area contributed by atoms with Crippen LogP contribution in [0.15, 0.2) is 53.7 Å². The van der Waals surface area contributed by atoms with Crippen LogP contribution in [-0.4, -0.2) is 22.4 Å². The van der Waals surface area contributed by atoms with E-state index in [0.717, 1.165) is 0 Å². The van der Waals surface area contributed by atoms with Crippen LogP contribution in [0.2, 0.25) is 0 Å². The van der Waals surface area contributed by atoms with Crippen molar-refractivity contribution in [2.45, 2.75) is 0 Å². The van der Waals surface area contributed by atoms with Gasteiger partial charge in [0.15, 0.2) is 0 Å². The van der Waals surface area contributed by atoms with Gasteiger partial charge < -0.3 is 15.1 Å². The minimum Gasteiger partial charge on any atom is -0.508 e. The molecule has 0 aliphatic heterocycles. The summed E-state index contributed by atoms with van der Waals surface area (Å²) in [4.78, 5) is 16.2. The average molecular weight is 257 g/mol. The van der Waals surface area contributed by atoms with Gasteiger partial charge in [-0.25, -0.2) is 4.79 Å². The predicted molar refractivity (Wildman–Crippen MR) is 69.2 cm³/mol. The third-order valence-corrected chi connectivity index (χ3v) is 2.35. The lowest BCUT2D eigenvalue weighted by molar-refractivity contribution is 0.0519. The fourth-order valence-corrected chi connectivity index (χ4v) is 1.40. The summed E-state index contributed by atoms with van der Waals surface area (Å²) in [6, 6.07) is 12.4. The maximum atomic E-state index is 11.5. The number of carbonyl (C=O) groups excluding carboxylic acids is 1. The van der Waals surface area contributed by atoms with Gasteiger partial charge in [0.2, 0.25) is 0 Å². The van der Waals surface area contributed by atoms with Crippen LogP contribution in [0, 0.1) is 0 Å². The molecular formula is C14H11NO4. The molecular weight excluding hydrogens is 246 g/mol. The molecule has 0 saturated heterocycles. The molecule has 5 nitrogen and oxygen atoms in total. The summed E-state index contributed by atoms with van der Waals surface area (Å²) in [5.41, 5.74) is 0.716. The molecule has 0 aliphatic rings. The third kappa shape index (κ3) is 3.32. The van der Waals surface area contributed by atoms with E-state index in [-0.39, 0.29) is 11.5 Å². The van der Waals surface area contributed by atoms with Crippen LogP contribution < -0.4 is 0 Å². The van der Waals surface area contributed by atoms with Crippen LogP contribution in [0.25, 0.3) is 0 Å². The first-order chi connectivity index (χ1) is 9.16. The number of oxime groups is 1. The summed E-state index contributed by atoms with van der Waals surface area (Å²) in [6.45, 7) is 0. The summed E-state index contributed by atoms with van der Waals surface area (Å²) in [5.74, 6) is -0.800. The number of hydrogen-bond acceptors (Lipinski definition) is 5. The molecule has 0 aliphatic carbocycles. The van der Waals surface area contributed by atoms with Crippen molar-refractivity contribution in [3.8, 4) is 11.5 Å². The van der Waals surface area contributed by atoms with Crippen molar-refractivity contribution in [2.75, 3.05) is 0 Å². The Morgan fingerprint density at radius 3 is 2.53 bits per heavy atom. The molecule has 2 rings (SSSR count). The second-order valence-corrected chi connectivity index (χ2v) is 3.72. The van der Waals surface area contributed by atoms with Crippen molar-refractivity contribution in [3.05, 3.63) is 59.7 Å². The van der Waals surface area contributed by atoms with Crippen LogP contribution in [0.3, 0.4) is 0 Å². The highest BCUT2D eigenvalue weighted by Gasteiger charge is 2.05. The van der Waals surface area contributed by atoms with Crippen molar-refractivity contribution >= 4 is 12.2 Å². The molecule has 2 aromatic carbocycles. The molecule has 0 aromatic heterocycles. The van der Waals surface area contributed by atoms with Crippen LogP contribution in [0.4, 0.5) is 0 Å². The van der Waals surface area contributed by atoms with E-state index in [1.165, 1.54) is 24.4 Å². The first-order valence-electron chi connectivity index (χ1n) is 5.48. The first kappa shape index (κ1) is 12.6. The number of nitrogens with zero attached hydrogens (tertiary/aromatic N) is 1. The maximum absolute atomic E-state index is 11.5. The second-order valence-electron chi connectivity index (χ2n) is 3.72. The minimum absolute atomic E-state index is 0.0593. The predicted octanol–water partition coefficient (Wildman–Crippen LogP) is 2.29. The van der Waals surface area contributed by atoms with E-state index in [0.29, 0.717) is 11.1 Å². The van der Waals surface area contributed by atoms with Gasteiger partial charge in [0, 0.05) is 11.6 Å². The number of phenolic OH excluding ortho intramolecular Hbond substituents is 2. The maximum Gasteiger partial charge on any atom is 0.365 e.